The predicted molar refractivity (Wildman–Crippen MR) is 79.0 cm³/mol. The summed E-state index contributed by atoms with van der Waals surface area (Å²) >= 11 is 3.51. The molecule has 0 aliphatic carbocycles. The SMILES string of the molecule is CC1CN(c2cc(Br)nc(C(C)(C)C)n2)CC1C. The van der Waals surface area contributed by atoms with Gasteiger partial charge in [-0.15, -0.1) is 0 Å². The lowest BCUT2D eigenvalue weighted by Gasteiger charge is -2.22. The summed E-state index contributed by atoms with van der Waals surface area (Å²) in [5, 5.41) is 0. The molecule has 0 radical (unpaired) electrons. The van der Waals surface area contributed by atoms with Gasteiger partial charge < -0.3 is 4.90 Å². The van der Waals surface area contributed by atoms with Crippen LogP contribution in [0.4, 0.5) is 5.82 Å². The van der Waals surface area contributed by atoms with E-state index in [9.17, 15) is 0 Å². The molecule has 1 fully saturated rings. The van der Waals surface area contributed by atoms with Crippen LogP contribution < -0.4 is 4.90 Å². The van der Waals surface area contributed by atoms with Crippen molar-refractivity contribution in [2.24, 2.45) is 11.8 Å². The van der Waals surface area contributed by atoms with Crippen molar-refractivity contribution in [3.05, 3.63) is 16.5 Å². The molecule has 18 heavy (non-hydrogen) atoms. The first-order chi connectivity index (χ1) is 8.27. The molecule has 100 valence electrons. The summed E-state index contributed by atoms with van der Waals surface area (Å²) in [5.41, 5.74) is -0.0184. The molecule has 1 saturated heterocycles. The lowest BCUT2D eigenvalue weighted by Crippen LogP contribution is -2.24. The first-order valence-electron chi connectivity index (χ1n) is 6.57. The fourth-order valence-electron chi connectivity index (χ4n) is 2.22. The lowest BCUT2D eigenvalue weighted by atomic mass is 9.96. The largest absolute Gasteiger partial charge is 0.356 e. The molecule has 2 heterocycles. The van der Waals surface area contributed by atoms with Gasteiger partial charge in [0.05, 0.1) is 0 Å². The lowest BCUT2D eigenvalue weighted by molar-refractivity contribution is 0.494. The van der Waals surface area contributed by atoms with Gasteiger partial charge >= 0.3 is 0 Å². The van der Waals surface area contributed by atoms with Gasteiger partial charge in [0.2, 0.25) is 0 Å². The van der Waals surface area contributed by atoms with Crippen molar-refractivity contribution in [1.82, 2.24) is 9.97 Å². The van der Waals surface area contributed by atoms with E-state index in [1.807, 2.05) is 6.07 Å². The average Bonchev–Trinajstić information content (AvgIpc) is 2.57. The molecule has 0 N–H and O–H groups in total. The van der Waals surface area contributed by atoms with Crippen LogP contribution in [0.1, 0.15) is 40.4 Å². The fraction of sp³-hybridized carbons (Fsp3) is 0.714. The average molecular weight is 312 g/mol. The molecular weight excluding hydrogens is 290 g/mol. The summed E-state index contributed by atoms with van der Waals surface area (Å²) in [4.78, 5) is 11.6. The van der Waals surface area contributed by atoms with Crippen molar-refractivity contribution < 1.29 is 0 Å². The van der Waals surface area contributed by atoms with E-state index in [0.29, 0.717) is 0 Å². The third-order valence-electron chi connectivity index (χ3n) is 3.66. The smallest absolute Gasteiger partial charge is 0.137 e. The summed E-state index contributed by atoms with van der Waals surface area (Å²) in [7, 11) is 0. The first kappa shape index (κ1) is 13.8. The van der Waals surface area contributed by atoms with Crippen LogP contribution in [0.2, 0.25) is 0 Å². The van der Waals surface area contributed by atoms with Gasteiger partial charge in [-0.05, 0) is 27.8 Å². The molecule has 2 unspecified atom stereocenters. The number of nitrogens with zero attached hydrogens (tertiary/aromatic N) is 3. The summed E-state index contributed by atoms with van der Waals surface area (Å²) in [6.45, 7) is 13.2. The van der Waals surface area contributed by atoms with Crippen LogP contribution in [0, 0.1) is 11.8 Å². The van der Waals surface area contributed by atoms with Crippen molar-refractivity contribution >= 4 is 21.7 Å². The van der Waals surface area contributed by atoms with Crippen LogP contribution in [0.15, 0.2) is 10.7 Å². The van der Waals surface area contributed by atoms with Crippen LogP contribution in [0.25, 0.3) is 0 Å². The van der Waals surface area contributed by atoms with Gasteiger partial charge in [-0.25, -0.2) is 9.97 Å². The molecule has 0 bridgehead atoms. The van der Waals surface area contributed by atoms with Crippen LogP contribution in [-0.2, 0) is 5.41 Å². The van der Waals surface area contributed by atoms with E-state index in [0.717, 1.165) is 41.2 Å². The molecule has 0 aromatic carbocycles. The zero-order valence-corrected chi connectivity index (χ0v) is 13.5. The maximum Gasteiger partial charge on any atom is 0.137 e. The van der Waals surface area contributed by atoms with Gasteiger partial charge in [-0.1, -0.05) is 34.6 Å². The Labute approximate surface area is 118 Å². The molecule has 0 saturated carbocycles. The zero-order chi connectivity index (χ0) is 13.5. The van der Waals surface area contributed by atoms with Crippen molar-refractivity contribution in [3.63, 3.8) is 0 Å². The van der Waals surface area contributed by atoms with Crippen LogP contribution in [-0.4, -0.2) is 23.1 Å². The highest BCUT2D eigenvalue weighted by Crippen LogP contribution is 2.29. The number of aromatic nitrogens is 2. The van der Waals surface area contributed by atoms with E-state index >= 15 is 0 Å². The summed E-state index contributed by atoms with van der Waals surface area (Å²) in [5.74, 6) is 3.42. The zero-order valence-electron chi connectivity index (χ0n) is 11.9. The van der Waals surface area contributed by atoms with Crippen molar-refractivity contribution in [2.45, 2.75) is 40.0 Å². The quantitative estimate of drug-likeness (QED) is 0.742. The second-order valence-electron chi connectivity index (χ2n) is 6.48. The molecule has 0 spiro atoms. The third-order valence-corrected chi connectivity index (χ3v) is 4.07. The summed E-state index contributed by atoms with van der Waals surface area (Å²) in [6, 6.07) is 2.03. The van der Waals surface area contributed by atoms with E-state index in [2.05, 4.69) is 60.4 Å². The van der Waals surface area contributed by atoms with Gasteiger partial charge in [0.15, 0.2) is 0 Å². The molecule has 2 atom stereocenters. The molecule has 1 aliphatic heterocycles. The molecule has 1 aromatic rings. The number of hydrogen-bond donors (Lipinski definition) is 0. The van der Waals surface area contributed by atoms with E-state index < -0.39 is 0 Å². The number of anilines is 1. The maximum atomic E-state index is 4.74. The predicted octanol–water partition coefficient (Wildman–Crippen LogP) is 3.63. The van der Waals surface area contributed by atoms with Gasteiger partial charge in [0.1, 0.15) is 16.2 Å². The molecular formula is C14H22BrN3. The second-order valence-corrected chi connectivity index (χ2v) is 7.29. The minimum absolute atomic E-state index is 0.0184. The topological polar surface area (TPSA) is 29.0 Å². The Bertz CT molecular complexity index is 429. The Hall–Kier alpha value is -0.640. The van der Waals surface area contributed by atoms with Crippen molar-refractivity contribution in [3.8, 4) is 0 Å². The van der Waals surface area contributed by atoms with E-state index in [4.69, 9.17) is 4.98 Å². The fourth-order valence-corrected chi connectivity index (χ4v) is 2.59. The number of hydrogen-bond acceptors (Lipinski definition) is 3. The molecule has 0 amide bonds. The van der Waals surface area contributed by atoms with Gasteiger partial charge in [0.25, 0.3) is 0 Å². The Morgan fingerprint density at radius 2 is 1.72 bits per heavy atom. The summed E-state index contributed by atoms with van der Waals surface area (Å²) in [6.07, 6.45) is 0. The van der Waals surface area contributed by atoms with Gasteiger partial charge in [-0.2, -0.15) is 0 Å². The van der Waals surface area contributed by atoms with Crippen LogP contribution in [0.5, 0.6) is 0 Å². The monoisotopic (exact) mass is 311 g/mol. The Morgan fingerprint density at radius 1 is 1.17 bits per heavy atom. The highest BCUT2D eigenvalue weighted by molar-refractivity contribution is 9.10. The normalized spacial score (nSPS) is 24.7. The van der Waals surface area contributed by atoms with E-state index in [1.165, 1.54) is 0 Å². The molecule has 4 heteroatoms. The van der Waals surface area contributed by atoms with Crippen molar-refractivity contribution in [1.29, 1.82) is 0 Å². The standard InChI is InChI=1S/C14H22BrN3/c1-9-7-18(8-10(9)2)12-6-11(15)16-13(17-12)14(3,4)5/h6,9-10H,7-8H2,1-5H3. The van der Waals surface area contributed by atoms with E-state index in [1.54, 1.807) is 0 Å². The Balaban J connectivity index is 2.32. The molecule has 3 nitrogen and oxygen atoms in total. The highest BCUT2D eigenvalue weighted by atomic mass is 79.9. The van der Waals surface area contributed by atoms with Crippen LogP contribution >= 0.6 is 15.9 Å². The highest BCUT2D eigenvalue weighted by Gasteiger charge is 2.28. The minimum atomic E-state index is -0.0184. The molecule has 1 aliphatic rings. The van der Waals surface area contributed by atoms with Crippen LogP contribution in [0.3, 0.4) is 0 Å². The summed E-state index contributed by atoms with van der Waals surface area (Å²) < 4.78 is 0.879. The number of halogens is 1. The van der Waals surface area contributed by atoms with E-state index in [-0.39, 0.29) is 5.41 Å². The Morgan fingerprint density at radius 3 is 2.22 bits per heavy atom. The molecule has 1 aromatic heterocycles. The van der Waals surface area contributed by atoms with Gasteiger partial charge in [-0.3, -0.25) is 0 Å². The molecule has 2 rings (SSSR count). The van der Waals surface area contributed by atoms with Crippen molar-refractivity contribution in [2.75, 3.05) is 18.0 Å². The maximum absolute atomic E-state index is 4.74. The third kappa shape index (κ3) is 2.85. The van der Waals surface area contributed by atoms with Gasteiger partial charge in [0, 0.05) is 24.6 Å². The number of rotatable bonds is 1. The minimum Gasteiger partial charge on any atom is -0.356 e. The Kier molecular flexibility index (Phi) is 3.67. The second kappa shape index (κ2) is 4.80. The first-order valence-corrected chi connectivity index (χ1v) is 7.36.